The average molecular weight is 491 g/mol. The van der Waals surface area contributed by atoms with Crippen molar-refractivity contribution in [1.29, 1.82) is 0 Å². The fourth-order valence-electron chi connectivity index (χ4n) is 3.65. The topological polar surface area (TPSA) is 113 Å². The van der Waals surface area contributed by atoms with Gasteiger partial charge in [-0.05, 0) is 62.4 Å². The SMILES string of the molecule is CCC(Cc1ccc(OCCN(C)c2nc(Nc3ccc(C)cc3)nc(NC3CC3)n2)cc1)C(=O)O. The van der Waals surface area contributed by atoms with Crippen LogP contribution in [0.1, 0.15) is 37.3 Å². The molecule has 9 heteroatoms. The molecule has 1 aromatic heterocycles. The molecule has 1 fully saturated rings. The van der Waals surface area contributed by atoms with Gasteiger partial charge >= 0.3 is 5.97 Å². The van der Waals surface area contributed by atoms with Gasteiger partial charge in [0.05, 0.1) is 12.5 Å². The summed E-state index contributed by atoms with van der Waals surface area (Å²) in [6, 6.07) is 16.1. The lowest BCUT2D eigenvalue weighted by Crippen LogP contribution is -2.26. The van der Waals surface area contributed by atoms with Crippen LogP contribution in [0, 0.1) is 12.8 Å². The summed E-state index contributed by atoms with van der Waals surface area (Å²) < 4.78 is 5.91. The molecule has 1 aliphatic rings. The maximum absolute atomic E-state index is 11.3. The number of anilines is 4. The molecule has 2 aromatic carbocycles. The quantitative estimate of drug-likeness (QED) is 0.315. The smallest absolute Gasteiger partial charge is 0.306 e. The van der Waals surface area contributed by atoms with E-state index in [1.54, 1.807) is 0 Å². The van der Waals surface area contributed by atoms with Gasteiger partial charge in [0.15, 0.2) is 0 Å². The lowest BCUT2D eigenvalue weighted by molar-refractivity contribution is -0.141. The van der Waals surface area contributed by atoms with E-state index in [-0.39, 0.29) is 5.92 Å². The normalized spacial score (nSPS) is 13.6. The molecule has 0 bridgehead atoms. The minimum absolute atomic E-state index is 0.365. The third-order valence-electron chi connectivity index (χ3n) is 6.13. The number of aliphatic carboxylic acids is 1. The van der Waals surface area contributed by atoms with Crippen molar-refractivity contribution in [2.45, 2.75) is 45.6 Å². The van der Waals surface area contributed by atoms with Crippen molar-refractivity contribution in [3.63, 3.8) is 0 Å². The third-order valence-corrected chi connectivity index (χ3v) is 6.13. The summed E-state index contributed by atoms with van der Waals surface area (Å²) in [5.74, 6) is 1.22. The van der Waals surface area contributed by atoms with Gasteiger partial charge in [-0.3, -0.25) is 4.79 Å². The van der Waals surface area contributed by atoms with Gasteiger partial charge in [-0.15, -0.1) is 0 Å². The Morgan fingerprint density at radius 1 is 1.08 bits per heavy atom. The summed E-state index contributed by atoms with van der Waals surface area (Å²) in [5.41, 5.74) is 3.09. The first-order valence-electron chi connectivity index (χ1n) is 12.4. The Balaban J connectivity index is 1.35. The molecule has 0 amide bonds. The Bertz CT molecular complexity index is 1150. The Kier molecular flexibility index (Phi) is 8.20. The van der Waals surface area contributed by atoms with Crippen molar-refractivity contribution in [2.24, 2.45) is 5.92 Å². The predicted octanol–water partition coefficient (Wildman–Crippen LogP) is 4.67. The number of nitrogens with zero attached hydrogens (tertiary/aromatic N) is 4. The van der Waals surface area contributed by atoms with Gasteiger partial charge < -0.3 is 25.4 Å². The highest BCUT2D eigenvalue weighted by Gasteiger charge is 2.23. The molecule has 36 heavy (non-hydrogen) atoms. The summed E-state index contributed by atoms with van der Waals surface area (Å²) >= 11 is 0. The van der Waals surface area contributed by atoms with E-state index >= 15 is 0 Å². The van der Waals surface area contributed by atoms with E-state index in [2.05, 4.69) is 32.5 Å². The zero-order valence-corrected chi connectivity index (χ0v) is 21.1. The van der Waals surface area contributed by atoms with Gasteiger partial charge in [0, 0.05) is 18.8 Å². The number of aromatic nitrogens is 3. The highest BCUT2D eigenvalue weighted by Crippen LogP contribution is 2.25. The van der Waals surface area contributed by atoms with Crippen LogP contribution in [0.2, 0.25) is 0 Å². The number of carboxylic acid groups (broad SMARTS) is 1. The standard InChI is InChI=1S/C27H34N6O3/c1-4-20(24(34)35)17-19-7-13-23(14-8-19)36-16-15-33(3)27-31-25(28-21-9-5-18(2)6-10-21)30-26(32-27)29-22-11-12-22/h5-10,13-14,20,22H,4,11-12,15-17H2,1-3H3,(H,34,35)(H2,28,29,30,31,32). The van der Waals surface area contributed by atoms with Gasteiger partial charge in [-0.25, -0.2) is 0 Å². The molecule has 3 N–H and O–H groups in total. The monoisotopic (exact) mass is 490 g/mol. The fourth-order valence-corrected chi connectivity index (χ4v) is 3.65. The molecule has 1 heterocycles. The Hall–Kier alpha value is -3.88. The maximum Gasteiger partial charge on any atom is 0.306 e. The highest BCUT2D eigenvalue weighted by atomic mass is 16.5. The third kappa shape index (κ3) is 7.31. The molecule has 0 radical (unpaired) electrons. The van der Waals surface area contributed by atoms with E-state index < -0.39 is 5.97 Å². The number of rotatable bonds is 13. The number of likely N-dealkylation sites (N-methyl/N-ethyl adjacent to an activating group) is 1. The van der Waals surface area contributed by atoms with Gasteiger partial charge in [0.1, 0.15) is 12.4 Å². The van der Waals surface area contributed by atoms with Crippen LogP contribution in [0.15, 0.2) is 48.5 Å². The maximum atomic E-state index is 11.3. The summed E-state index contributed by atoms with van der Waals surface area (Å²) in [6.07, 6.45) is 3.38. The largest absolute Gasteiger partial charge is 0.492 e. The second-order valence-corrected chi connectivity index (χ2v) is 9.25. The Morgan fingerprint density at radius 3 is 2.42 bits per heavy atom. The Labute approximate surface area is 212 Å². The van der Waals surface area contributed by atoms with E-state index in [9.17, 15) is 9.90 Å². The zero-order valence-electron chi connectivity index (χ0n) is 21.1. The number of benzene rings is 2. The summed E-state index contributed by atoms with van der Waals surface area (Å²) in [6.45, 7) is 4.97. The molecule has 1 aliphatic carbocycles. The van der Waals surface area contributed by atoms with Crippen molar-refractivity contribution < 1.29 is 14.6 Å². The fraction of sp³-hybridized carbons (Fsp3) is 0.407. The van der Waals surface area contributed by atoms with Crippen molar-refractivity contribution in [1.82, 2.24) is 15.0 Å². The minimum atomic E-state index is -0.757. The van der Waals surface area contributed by atoms with Crippen LogP contribution in [-0.2, 0) is 11.2 Å². The number of carbonyl (C=O) groups is 1. The number of ether oxygens (including phenoxy) is 1. The van der Waals surface area contributed by atoms with Gasteiger partial charge in [0.2, 0.25) is 17.8 Å². The van der Waals surface area contributed by atoms with Crippen LogP contribution in [0.25, 0.3) is 0 Å². The average Bonchev–Trinajstić information content (AvgIpc) is 3.68. The summed E-state index contributed by atoms with van der Waals surface area (Å²) in [7, 11) is 1.93. The van der Waals surface area contributed by atoms with E-state index in [0.29, 0.717) is 49.9 Å². The summed E-state index contributed by atoms with van der Waals surface area (Å²) in [5, 5.41) is 15.9. The number of hydrogen-bond donors (Lipinski definition) is 3. The van der Waals surface area contributed by atoms with Crippen LogP contribution < -0.4 is 20.3 Å². The number of aryl methyl sites for hydroxylation is 1. The summed E-state index contributed by atoms with van der Waals surface area (Å²) in [4.78, 5) is 27.0. The van der Waals surface area contributed by atoms with Crippen LogP contribution in [0.5, 0.6) is 5.75 Å². The number of hydrogen-bond acceptors (Lipinski definition) is 8. The molecule has 3 aromatic rings. The molecular weight excluding hydrogens is 456 g/mol. The van der Waals surface area contributed by atoms with Crippen LogP contribution in [0.4, 0.5) is 23.5 Å². The second-order valence-electron chi connectivity index (χ2n) is 9.25. The van der Waals surface area contributed by atoms with E-state index in [1.807, 2.05) is 67.4 Å². The van der Waals surface area contributed by atoms with Gasteiger partial charge in [-0.2, -0.15) is 15.0 Å². The molecule has 9 nitrogen and oxygen atoms in total. The molecule has 1 unspecified atom stereocenters. The number of carboxylic acids is 1. The van der Waals surface area contributed by atoms with Gasteiger partial charge in [0.25, 0.3) is 0 Å². The first-order chi connectivity index (χ1) is 17.4. The molecule has 1 atom stereocenters. The van der Waals surface area contributed by atoms with Crippen molar-refractivity contribution in [2.75, 3.05) is 35.7 Å². The molecule has 0 saturated heterocycles. The van der Waals surface area contributed by atoms with Crippen molar-refractivity contribution in [3.8, 4) is 5.75 Å². The first kappa shape index (κ1) is 25.2. The molecule has 1 saturated carbocycles. The lowest BCUT2D eigenvalue weighted by Gasteiger charge is -2.19. The Morgan fingerprint density at radius 2 is 1.78 bits per heavy atom. The highest BCUT2D eigenvalue weighted by molar-refractivity contribution is 5.70. The lowest BCUT2D eigenvalue weighted by atomic mass is 9.97. The van der Waals surface area contributed by atoms with Crippen LogP contribution >= 0.6 is 0 Å². The van der Waals surface area contributed by atoms with Crippen LogP contribution in [-0.4, -0.2) is 52.3 Å². The predicted molar refractivity (Wildman–Crippen MR) is 141 cm³/mol. The minimum Gasteiger partial charge on any atom is -0.492 e. The van der Waals surface area contributed by atoms with Gasteiger partial charge in [-0.1, -0.05) is 36.8 Å². The second kappa shape index (κ2) is 11.7. The molecule has 0 spiro atoms. The first-order valence-corrected chi connectivity index (χ1v) is 12.4. The molecular formula is C27H34N6O3. The van der Waals surface area contributed by atoms with E-state index in [0.717, 1.165) is 29.8 Å². The molecule has 190 valence electrons. The van der Waals surface area contributed by atoms with E-state index in [1.165, 1.54) is 5.56 Å². The molecule has 4 rings (SSSR count). The van der Waals surface area contributed by atoms with E-state index in [4.69, 9.17) is 4.74 Å². The number of nitrogens with one attached hydrogen (secondary N) is 2. The van der Waals surface area contributed by atoms with Crippen molar-refractivity contribution in [3.05, 3.63) is 59.7 Å². The van der Waals surface area contributed by atoms with Crippen molar-refractivity contribution >= 4 is 29.5 Å². The molecule has 0 aliphatic heterocycles. The van der Waals surface area contributed by atoms with Crippen LogP contribution in [0.3, 0.4) is 0 Å². The zero-order chi connectivity index (χ0) is 25.5.